The van der Waals surface area contributed by atoms with Gasteiger partial charge in [0.15, 0.2) is 5.17 Å². The summed E-state index contributed by atoms with van der Waals surface area (Å²) in [6.07, 6.45) is 1.68. The van der Waals surface area contributed by atoms with Crippen molar-refractivity contribution in [2.45, 2.75) is 26.4 Å². The first-order valence-electron chi connectivity index (χ1n) is 9.03. The number of hydrogen-bond acceptors (Lipinski definition) is 5. The molecule has 5 nitrogen and oxygen atoms in total. The molecule has 2 aromatic rings. The van der Waals surface area contributed by atoms with Crippen molar-refractivity contribution in [1.29, 1.82) is 0 Å². The number of thioether (sulfide) groups is 1. The monoisotopic (exact) mass is 412 g/mol. The van der Waals surface area contributed by atoms with Crippen LogP contribution in [-0.2, 0) is 14.3 Å². The highest BCUT2D eigenvalue weighted by atomic mass is 32.2. The number of ether oxygens (including phenoxy) is 1. The van der Waals surface area contributed by atoms with E-state index in [4.69, 9.17) is 4.74 Å². The van der Waals surface area contributed by atoms with Gasteiger partial charge in [0.05, 0.1) is 11.4 Å². The maximum absolute atomic E-state index is 13.3. The molecule has 0 atom stereocenters. The maximum Gasteiger partial charge on any atom is 0.316 e. The Bertz CT molecular complexity index is 964. The number of esters is 1. The second-order valence-corrected chi connectivity index (χ2v) is 8.27. The zero-order chi connectivity index (χ0) is 21.0. The Kier molecular flexibility index (Phi) is 6.17. The molecule has 0 radical (unpaired) electrons. The fourth-order valence-corrected chi connectivity index (χ4v) is 3.40. The molecule has 7 heteroatoms. The lowest BCUT2D eigenvalue weighted by atomic mass is 10.2. The number of amides is 1. The molecule has 1 aliphatic heterocycles. The van der Waals surface area contributed by atoms with Gasteiger partial charge in [0.25, 0.3) is 5.91 Å². The highest BCUT2D eigenvalue weighted by Gasteiger charge is 2.32. The topological polar surface area (TPSA) is 59.0 Å². The van der Waals surface area contributed by atoms with Crippen LogP contribution in [0, 0.1) is 5.82 Å². The first-order valence-corrected chi connectivity index (χ1v) is 10.0. The summed E-state index contributed by atoms with van der Waals surface area (Å²) in [5.74, 6) is -1.15. The van der Waals surface area contributed by atoms with Crippen LogP contribution in [0.25, 0.3) is 6.08 Å². The molecule has 0 saturated carbocycles. The molecule has 150 valence electrons. The van der Waals surface area contributed by atoms with Crippen LogP contribution < -0.4 is 4.90 Å². The number of halogens is 1. The first-order chi connectivity index (χ1) is 13.7. The second kappa shape index (κ2) is 8.61. The molecule has 1 heterocycles. The summed E-state index contributed by atoms with van der Waals surface area (Å²) in [5, 5.41) is 0.342. The van der Waals surface area contributed by atoms with Gasteiger partial charge < -0.3 is 4.74 Å². The minimum Gasteiger partial charge on any atom is -0.459 e. The third-order valence-corrected chi connectivity index (χ3v) is 4.67. The van der Waals surface area contributed by atoms with Gasteiger partial charge >= 0.3 is 5.97 Å². The van der Waals surface area contributed by atoms with Gasteiger partial charge in [0.1, 0.15) is 17.1 Å². The fraction of sp³-hybridized carbons (Fsp3) is 0.227. The van der Waals surface area contributed by atoms with Crippen LogP contribution in [0.2, 0.25) is 0 Å². The second-order valence-electron chi connectivity index (χ2n) is 7.33. The molecule has 0 fully saturated rings. The summed E-state index contributed by atoms with van der Waals surface area (Å²) in [6.45, 7) is 5.37. The van der Waals surface area contributed by atoms with E-state index < -0.39 is 17.4 Å². The molecule has 1 aliphatic rings. The number of rotatable bonds is 4. The van der Waals surface area contributed by atoms with Crippen LogP contribution in [-0.4, -0.2) is 28.4 Å². The average molecular weight is 412 g/mol. The molecule has 29 heavy (non-hydrogen) atoms. The Balaban J connectivity index is 1.88. The Morgan fingerprint density at radius 3 is 2.41 bits per heavy atom. The summed E-state index contributed by atoms with van der Waals surface area (Å²) in [5.41, 5.74) is 0.951. The van der Waals surface area contributed by atoms with Crippen molar-refractivity contribution in [2.75, 3.05) is 10.7 Å². The van der Waals surface area contributed by atoms with Crippen molar-refractivity contribution >= 4 is 40.6 Å². The van der Waals surface area contributed by atoms with Gasteiger partial charge in [-0.05, 0) is 56.7 Å². The van der Waals surface area contributed by atoms with E-state index in [1.54, 1.807) is 26.8 Å². The Hall–Kier alpha value is -2.93. The summed E-state index contributed by atoms with van der Waals surface area (Å²) < 4.78 is 18.7. The number of amidine groups is 1. The zero-order valence-electron chi connectivity index (χ0n) is 16.4. The van der Waals surface area contributed by atoms with Crippen molar-refractivity contribution in [3.8, 4) is 0 Å². The number of aliphatic imine (C=N–C) groups is 1. The van der Waals surface area contributed by atoms with Crippen LogP contribution in [0.3, 0.4) is 0 Å². The van der Waals surface area contributed by atoms with Crippen molar-refractivity contribution < 1.29 is 18.7 Å². The lowest BCUT2D eigenvalue weighted by Crippen LogP contribution is -2.31. The lowest BCUT2D eigenvalue weighted by Gasteiger charge is -2.20. The molecule has 0 spiro atoms. The molecule has 3 rings (SSSR count). The smallest absolute Gasteiger partial charge is 0.316 e. The van der Waals surface area contributed by atoms with Gasteiger partial charge in [0.2, 0.25) is 0 Å². The van der Waals surface area contributed by atoms with E-state index >= 15 is 0 Å². The van der Waals surface area contributed by atoms with Crippen LogP contribution in [0.15, 0.2) is 65.3 Å². The molecule has 0 bridgehead atoms. The number of hydrogen-bond donors (Lipinski definition) is 0. The van der Waals surface area contributed by atoms with E-state index in [-0.39, 0.29) is 17.4 Å². The van der Waals surface area contributed by atoms with Crippen molar-refractivity contribution in [3.63, 3.8) is 0 Å². The van der Waals surface area contributed by atoms with E-state index in [9.17, 15) is 14.0 Å². The molecule has 1 amide bonds. The first kappa shape index (κ1) is 20.8. The molecular formula is C22H21FN2O3S. The van der Waals surface area contributed by atoms with Gasteiger partial charge in [-0.25, -0.2) is 9.38 Å². The van der Waals surface area contributed by atoms with E-state index in [1.165, 1.54) is 29.2 Å². The zero-order valence-corrected chi connectivity index (χ0v) is 17.2. The number of carbonyl (C=O) groups excluding carboxylic acids is 2. The molecule has 0 unspecified atom stereocenters. The van der Waals surface area contributed by atoms with Gasteiger partial charge in [-0.1, -0.05) is 42.1 Å². The van der Waals surface area contributed by atoms with Crippen LogP contribution in [0.5, 0.6) is 0 Å². The summed E-state index contributed by atoms with van der Waals surface area (Å²) in [6, 6.07) is 14.9. The van der Waals surface area contributed by atoms with Gasteiger partial charge in [0, 0.05) is 0 Å². The van der Waals surface area contributed by atoms with Crippen LogP contribution >= 0.6 is 11.8 Å². The normalized spacial score (nSPS) is 15.6. The number of anilines is 1. The van der Waals surface area contributed by atoms with E-state index in [1.807, 2.05) is 30.3 Å². The van der Waals surface area contributed by atoms with Crippen molar-refractivity contribution in [1.82, 2.24) is 0 Å². The van der Waals surface area contributed by atoms with Crippen molar-refractivity contribution in [2.24, 2.45) is 4.99 Å². The average Bonchev–Trinajstić information content (AvgIpc) is 2.96. The summed E-state index contributed by atoms with van der Waals surface area (Å²) in [7, 11) is 0. The molecule has 0 saturated heterocycles. The fourth-order valence-electron chi connectivity index (χ4n) is 2.61. The highest BCUT2D eigenvalue weighted by molar-refractivity contribution is 8.14. The number of nitrogens with zero attached hydrogens (tertiary/aromatic N) is 2. The van der Waals surface area contributed by atoms with E-state index in [0.29, 0.717) is 10.9 Å². The summed E-state index contributed by atoms with van der Waals surface area (Å²) in [4.78, 5) is 30.9. The molecular weight excluding hydrogens is 391 g/mol. The lowest BCUT2D eigenvalue weighted by molar-refractivity contribution is -0.151. The number of benzene rings is 2. The number of carbonyl (C=O) groups is 2. The predicted octanol–water partition coefficient (Wildman–Crippen LogP) is 4.64. The van der Waals surface area contributed by atoms with Crippen molar-refractivity contribution in [3.05, 3.63) is 71.7 Å². The molecule has 0 N–H and O–H groups in total. The minimum atomic E-state index is -0.597. The van der Waals surface area contributed by atoms with Gasteiger partial charge in [-0.2, -0.15) is 0 Å². The Morgan fingerprint density at radius 2 is 1.79 bits per heavy atom. The Morgan fingerprint density at radius 1 is 1.14 bits per heavy atom. The molecule has 0 aromatic heterocycles. The largest absolute Gasteiger partial charge is 0.459 e. The third kappa shape index (κ3) is 5.54. The quantitative estimate of drug-likeness (QED) is 0.542. The summed E-state index contributed by atoms with van der Waals surface area (Å²) >= 11 is 1.10. The SMILES string of the molecule is CC(C)(C)OC(=O)CSC1=NC(=Cc2ccccc2)C(=O)N1c1ccc(F)cc1. The molecule has 0 aliphatic carbocycles. The standard InChI is InChI=1S/C22H21FN2O3S/c1-22(2,3)28-19(26)14-29-21-24-18(13-15-7-5-4-6-8-15)20(27)25(21)17-11-9-16(23)10-12-17/h4-13H,14H2,1-3H3. The highest BCUT2D eigenvalue weighted by Crippen LogP contribution is 2.29. The maximum atomic E-state index is 13.3. The third-order valence-electron chi connectivity index (χ3n) is 3.76. The van der Waals surface area contributed by atoms with E-state index in [2.05, 4.69) is 4.99 Å². The Labute approximate surface area is 173 Å². The van der Waals surface area contributed by atoms with Gasteiger partial charge in [-0.3, -0.25) is 14.5 Å². The molecule has 2 aromatic carbocycles. The van der Waals surface area contributed by atoms with Gasteiger partial charge in [-0.15, -0.1) is 0 Å². The van der Waals surface area contributed by atoms with E-state index in [0.717, 1.165) is 17.3 Å². The van der Waals surface area contributed by atoms with Crippen LogP contribution in [0.4, 0.5) is 10.1 Å². The van der Waals surface area contributed by atoms with Crippen LogP contribution in [0.1, 0.15) is 26.3 Å². The minimum absolute atomic E-state index is 0.000303. The predicted molar refractivity (Wildman–Crippen MR) is 114 cm³/mol.